The SMILES string of the molecule is O=C1CCC[C@H](c2cccs2)N1. The smallest absolute Gasteiger partial charge is 0.220 e. The Labute approximate surface area is 75.6 Å². The highest BCUT2D eigenvalue weighted by Crippen LogP contribution is 2.26. The minimum Gasteiger partial charge on any atom is -0.348 e. The first-order valence-electron chi connectivity index (χ1n) is 4.19. The van der Waals surface area contributed by atoms with Crippen LogP contribution in [0, 0.1) is 0 Å². The molecule has 12 heavy (non-hydrogen) atoms. The summed E-state index contributed by atoms with van der Waals surface area (Å²) in [6.07, 6.45) is 2.81. The number of piperidine rings is 1. The molecule has 1 atom stereocenters. The monoisotopic (exact) mass is 181 g/mol. The molecular formula is C9H11NOS. The molecule has 1 aromatic heterocycles. The molecule has 2 rings (SSSR count). The minimum atomic E-state index is 0.194. The zero-order chi connectivity index (χ0) is 8.39. The fourth-order valence-electron chi connectivity index (χ4n) is 1.51. The molecule has 2 nitrogen and oxygen atoms in total. The minimum absolute atomic E-state index is 0.194. The average Bonchev–Trinajstić information content (AvgIpc) is 2.56. The number of carbonyl (C=O) groups excluding carboxylic acids is 1. The van der Waals surface area contributed by atoms with Crippen LogP contribution in [0.1, 0.15) is 30.2 Å². The normalized spacial score (nSPS) is 23.7. The average molecular weight is 181 g/mol. The molecule has 0 spiro atoms. The summed E-state index contributed by atoms with van der Waals surface area (Å²) in [4.78, 5) is 12.3. The fraction of sp³-hybridized carbons (Fsp3) is 0.444. The summed E-state index contributed by atoms with van der Waals surface area (Å²) in [7, 11) is 0. The molecule has 0 unspecified atom stereocenters. The Hall–Kier alpha value is -0.830. The van der Waals surface area contributed by atoms with E-state index in [4.69, 9.17) is 0 Å². The van der Waals surface area contributed by atoms with Crippen LogP contribution in [0.2, 0.25) is 0 Å². The second kappa shape index (κ2) is 3.27. The van der Waals surface area contributed by atoms with Gasteiger partial charge in [0.2, 0.25) is 5.91 Å². The van der Waals surface area contributed by atoms with Crippen molar-refractivity contribution in [1.29, 1.82) is 0 Å². The molecule has 1 aromatic rings. The van der Waals surface area contributed by atoms with Gasteiger partial charge in [-0.3, -0.25) is 4.79 Å². The first kappa shape index (κ1) is 7.80. The summed E-state index contributed by atoms with van der Waals surface area (Å²) >= 11 is 1.72. The van der Waals surface area contributed by atoms with Crippen LogP contribution >= 0.6 is 11.3 Å². The molecule has 2 heterocycles. The number of hydrogen-bond donors (Lipinski definition) is 1. The van der Waals surface area contributed by atoms with Gasteiger partial charge in [-0.1, -0.05) is 6.07 Å². The van der Waals surface area contributed by atoms with Gasteiger partial charge in [-0.25, -0.2) is 0 Å². The molecule has 1 amide bonds. The highest BCUT2D eigenvalue weighted by atomic mass is 32.1. The first-order chi connectivity index (χ1) is 5.86. The van der Waals surface area contributed by atoms with Crippen molar-refractivity contribution in [3.63, 3.8) is 0 Å². The number of hydrogen-bond acceptors (Lipinski definition) is 2. The van der Waals surface area contributed by atoms with Crippen LogP contribution in [0.25, 0.3) is 0 Å². The van der Waals surface area contributed by atoms with Gasteiger partial charge in [-0.05, 0) is 24.3 Å². The molecular weight excluding hydrogens is 170 g/mol. The van der Waals surface area contributed by atoms with Crippen LogP contribution in [0.5, 0.6) is 0 Å². The van der Waals surface area contributed by atoms with Gasteiger partial charge in [-0.15, -0.1) is 11.3 Å². The van der Waals surface area contributed by atoms with E-state index in [2.05, 4.69) is 16.8 Å². The molecule has 0 aromatic carbocycles. The third kappa shape index (κ3) is 1.50. The fourth-order valence-corrected chi connectivity index (χ4v) is 2.32. The molecule has 1 fully saturated rings. The van der Waals surface area contributed by atoms with Gasteiger partial charge in [0.05, 0.1) is 6.04 Å². The lowest BCUT2D eigenvalue weighted by molar-refractivity contribution is -0.123. The van der Waals surface area contributed by atoms with E-state index in [0.717, 1.165) is 12.8 Å². The van der Waals surface area contributed by atoms with Gasteiger partial charge in [0.15, 0.2) is 0 Å². The topological polar surface area (TPSA) is 29.1 Å². The molecule has 1 saturated heterocycles. The number of rotatable bonds is 1. The molecule has 1 N–H and O–H groups in total. The van der Waals surface area contributed by atoms with Gasteiger partial charge >= 0.3 is 0 Å². The summed E-state index contributed by atoms with van der Waals surface area (Å²) in [6.45, 7) is 0. The molecule has 3 heteroatoms. The Morgan fingerprint density at radius 3 is 3.17 bits per heavy atom. The van der Waals surface area contributed by atoms with Crippen molar-refractivity contribution in [3.8, 4) is 0 Å². The van der Waals surface area contributed by atoms with E-state index in [1.165, 1.54) is 4.88 Å². The number of amides is 1. The lowest BCUT2D eigenvalue weighted by Gasteiger charge is -2.21. The van der Waals surface area contributed by atoms with Crippen molar-refractivity contribution >= 4 is 17.2 Å². The van der Waals surface area contributed by atoms with Crippen LogP contribution in [0.4, 0.5) is 0 Å². The van der Waals surface area contributed by atoms with Gasteiger partial charge < -0.3 is 5.32 Å². The summed E-state index contributed by atoms with van der Waals surface area (Å²) < 4.78 is 0. The van der Waals surface area contributed by atoms with E-state index in [1.54, 1.807) is 11.3 Å². The third-order valence-corrected chi connectivity index (χ3v) is 3.10. The van der Waals surface area contributed by atoms with E-state index in [1.807, 2.05) is 6.07 Å². The van der Waals surface area contributed by atoms with E-state index < -0.39 is 0 Å². The number of nitrogens with one attached hydrogen (secondary N) is 1. The summed E-state index contributed by atoms with van der Waals surface area (Å²) in [6, 6.07) is 4.40. The van der Waals surface area contributed by atoms with Crippen molar-refractivity contribution in [2.75, 3.05) is 0 Å². The maximum absolute atomic E-state index is 11.1. The standard InChI is InChI=1S/C9H11NOS/c11-9-5-1-3-7(10-9)8-4-2-6-12-8/h2,4,6-7H,1,3,5H2,(H,10,11)/t7-/m1/s1. The zero-order valence-electron chi connectivity index (χ0n) is 6.75. The number of thiophene rings is 1. The van der Waals surface area contributed by atoms with Crippen molar-refractivity contribution in [1.82, 2.24) is 5.32 Å². The summed E-state index contributed by atoms with van der Waals surface area (Å²) in [5.41, 5.74) is 0. The van der Waals surface area contributed by atoms with Crippen molar-refractivity contribution < 1.29 is 4.79 Å². The molecule has 0 radical (unpaired) electrons. The second-order valence-corrected chi connectivity index (χ2v) is 4.01. The highest BCUT2D eigenvalue weighted by molar-refractivity contribution is 7.10. The van der Waals surface area contributed by atoms with Gasteiger partial charge in [0.1, 0.15) is 0 Å². The summed E-state index contributed by atoms with van der Waals surface area (Å²) in [5, 5.41) is 5.04. The largest absolute Gasteiger partial charge is 0.348 e. The lowest BCUT2D eigenvalue weighted by atomic mass is 10.0. The molecule has 0 aliphatic carbocycles. The van der Waals surface area contributed by atoms with E-state index in [9.17, 15) is 4.79 Å². The molecule has 1 aliphatic heterocycles. The van der Waals surface area contributed by atoms with Crippen LogP contribution in [-0.4, -0.2) is 5.91 Å². The molecule has 0 saturated carbocycles. The van der Waals surface area contributed by atoms with E-state index in [-0.39, 0.29) is 11.9 Å². The van der Waals surface area contributed by atoms with Crippen LogP contribution in [0.15, 0.2) is 17.5 Å². The molecule has 1 aliphatic rings. The maximum atomic E-state index is 11.1. The van der Waals surface area contributed by atoms with Crippen LogP contribution in [-0.2, 0) is 4.79 Å². The second-order valence-electron chi connectivity index (χ2n) is 3.03. The van der Waals surface area contributed by atoms with E-state index >= 15 is 0 Å². The van der Waals surface area contributed by atoms with E-state index in [0.29, 0.717) is 6.42 Å². The quantitative estimate of drug-likeness (QED) is 0.706. The van der Waals surface area contributed by atoms with Crippen molar-refractivity contribution in [2.24, 2.45) is 0 Å². The number of carbonyl (C=O) groups is 1. The first-order valence-corrected chi connectivity index (χ1v) is 5.07. The predicted molar refractivity (Wildman–Crippen MR) is 49.1 cm³/mol. The van der Waals surface area contributed by atoms with Crippen molar-refractivity contribution in [3.05, 3.63) is 22.4 Å². The lowest BCUT2D eigenvalue weighted by Crippen LogP contribution is -2.31. The Kier molecular flexibility index (Phi) is 2.13. The van der Waals surface area contributed by atoms with Gasteiger partial charge in [0.25, 0.3) is 0 Å². The third-order valence-electron chi connectivity index (χ3n) is 2.12. The highest BCUT2D eigenvalue weighted by Gasteiger charge is 2.19. The maximum Gasteiger partial charge on any atom is 0.220 e. The van der Waals surface area contributed by atoms with Gasteiger partial charge in [-0.2, -0.15) is 0 Å². The molecule has 64 valence electrons. The Balaban J connectivity index is 2.09. The van der Waals surface area contributed by atoms with Crippen LogP contribution < -0.4 is 5.32 Å². The predicted octanol–water partition coefficient (Wildman–Crippen LogP) is 2.09. The zero-order valence-corrected chi connectivity index (χ0v) is 7.56. The Morgan fingerprint density at radius 1 is 1.58 bits per heavy atom. The van der Waals surface area contributed by atoms with Crippen LogP contribution in [0.3, 0.4) is 0 Å². The Bertz CT molecular complexity index is 268. The molecule has 0 bridgehead atoms. The summed E-state index contributed by atoms with van der Waals surface area (Å²) in [5.74, 6) is 0.194. The van der Waals surface area contributed by atoms with Gasteiger partial charge in [0, 0.05) is 11.3 Å². The van der Waals surface area contributed by atoms with Crippen molar-refractivity contribution in [2.45, 2.75) is 25.3 Å². The Morgan fingerprint density at radius 2 is 2.50 bits per heavy atom.